The minimum absolute atomic E-state index is 0.649. The SMILES string of the molecule is CC=C(N)CCN. The van der Waals surface area contributed by atoms with Crippen molar-refractivity contribution in [2.45, 2.75) is 13.3 Å². The highest BCUT2D eigenvalue weighted by atomic mass is 14.6. The predicted octanol–water partition coefficient (Wildman–Crippen LogP) is 0.198. The van der Waals surface area contributed by atoms with E-state index >= 15 is 0 Å². The van der Waals surface area contributed by atoms with Crippen LogP contribution in [0.3, 0.4) is 0 Å². The van der Waals surface area contributed by atoms with E-state index in [9.17, 15) is 0 Å². The summed E-state index contributed by atoms with van der Waals surface area (Å²) in [6.45, 7) is 2.56. The van der Waals surface area contributed by atoms with Crippen LogP contribution in [0.25, 0.3) is 0 Å². The Bertz CT molecular complexity index is 66.5. The quantitative estimate of drug-likeness (QED) is 0.520. The minimum Gasteiger partial charge on any atom is -0.402 e. The lowest BCUT2D eigenvalue weighted by Crippen LogP contribution is -2.05. The second-order valence-corrected chi connectivity index (χ2v) is 1.40. The molecule has 0 spiro atoms. The first kappa shape index (κ1) is 6.50. The van der Waals surface area contributed by atoms with Crippen molar-refractivity contribution in [3.63, 3.8) is 0 Å². The number of hydrogen-bond donors (Lipinski definition) is 2. The van der Waals surface area contributed by atoms with E-state index in [0.29, 0.717) is 6.54 Å². The van der Waals surface area contributed by atoms with Crippen molar-refractivity contribution in [2.75, 3.05) is 6.54 Å². The Kier molecular flexibility index (Phi) is 3.42. The standard InChI is InChI=1S/C5H12N2/c1-2-5(7)3-4-6/h2H,3-4,6-7H2,1H3. The molecule has 2 nitrogen and oxygen atoms in total. The fourth-order valence-corrected chi connectivity index (χ4v) is 0.311. The summed E-state index contributed by atoms with van der Waals surface area (Å²) in [6, 6.07) is 0. The third-order valence-electron chi connectivity index (χ3n) is 0.804. The average Bonchev–Trinajstić information content (AvgIpc) is 1.68. The molecule has 4 N–H and O–H groups in total. The van der Waals surface area contributed by atoms with Gasteiger partial charge in [0.1, 0.15) is 0 Å². The van der Waals surface area contributed by atoms with Crippen molar-refractivity contribution in [3.8, 4) is 0 Å². The molecule has 0 aromatic heterocycles. The smallest absolute Gasteiger partial charge is 0.00498 e. The highest BCUT2D eigenvalue weighted by Gasteiger charge is 1.80. The molecule has 7 heavy (non-hydrogen) atoms. The molecule has 0 saturated carbocycles. The van der Waals surface area contributed by atoms with Gasteiger partial charge in [-0.1, -0.05) is 6.08 Å². The zero-order valence-electron chi connectivity index (χ0n) is 4.65. The van der Waals surface area contributed by atoms with Crippen molar-refractivity contribution in [3.05, 3.63) is 11.8 Å². The summed E-state index contributed by atoms with van der Waals surface area (Å²) in [4.78, 5) is 0. The van der Waals surface area contributed by atoms with Crippen LogP contribution >= 0.6 is 0 Å². The molecule has 0 aromatic rings. The van der Waals surface area contributed by atoms with Gasteiger partial charge >= 0.3 is 0 Å². The molecule has 0 aliphatic rings. The van der Waals surface area contributed by atoms with Crippen LogP contribution in [0.4, 0.5) is 0 Å². The molecule has 0 aliphatic heterocycles. The van der Waals surface area contributed by atoms with Crippen LogP contribution < -0.4 is 11.5 Å². The number of hydrogen-bond acceptors (Lipinski definition) is 2. The molecule has 0 amide bonds. The van der Waals surface area contributed by atoms with Gasteiger partial charge in [0.15, 0.2) is 0 Å². The van der Waals surface area contributed by atoms with Crippen molar-refractivity contribution in [1.29, 1.82) is 0 Å². The minimum atomic E-state index is 0.649. The zero-order chi connectivity index (χ0) is 5.70. The molecule has 0 saturated heterocycles. The van der Waals surface area contributed by atoms with Crippen molar-refractivity contribution >= 4 is 0 Å². The Balaban J connectivity index is 3.17. The third kappa shape index (κ3) is 3.33. The van der Waals surface area contributed by atoms with Gasteiger partial charge in [0.2, 0.25) is 0 Å². The summed E-state index contributed by atoms with van der Waals surface area (Å²) < 4.78 is 0. The molecular formula is C5H12N2. The van der Waals surface area contributed by atoms with Gasteiger partial charge in [-0.25, -0.2) is 0 Å². The van der Waals surface area contributed by atoms with Crippen LogP contribution in [0, 0.1) is 0 Å². The zero-order valence-corrected chi connectivity index (χ0v) is 4.65. The molecule has 0 unspecified atom stereocenters. The summed E-state index contributed by atoms with van der Waals surface area (Å²) >= 11 is 0. The summed E-state index contributed by atoms with van der Waals surface area (Å²) in [6.07, 6.45) is 2.68. The molecule has 0 bridgehead atoms. The highest BCUT2D eigenvalue weighted by molar-refractivity contribution is 4.93. The van der Waals surface area contributed by atoms with E-state index in [1.165, 1.54) is 0 Å². The van der Waals surface area contributed by atoms with E-state index < -0.39 is 0 Å². The lowest BCUT2D eigenvalue weighted by molar-refractivity contribution is 0.933. The van der Waals surface area contributed by atoms with Gasteiger partial charge in [-0.3, -0.25) is 0 Å². The normalized spacial score (nSPS) is 12.0. The summed E-state index contributed by atoms with van der Waals surface area (Å²) in [5, 5.41) is 0. The average molecular weight is 100 g/mol. The first-order valence-corrected chi connectivity index (χ1v) is 2.42. The molecule has 2 heteroatoms. The maximum Gasteiger partial charge on any atom is 0.00498 e. The third-order valence-corrected chi connectivity index (χ3v) is 0.804. The molecule has 0 rings (SSSR count). The Labute approximate surface area is 44.2 Å². The van der Waals surface area contributed by atoms with Gasteiger partial charge < -0.3 is 11.5 Å². The van der Waals surface area contributed by atoms with E-state index in [4.69, 9.17) is 11.5 Å². The van der Waals surface area contributed by atoms with Gasteiger partial charge in [-0.15, -0.1) is 0 Å². The Hall–Kier alpha value is -0.500. The fraction of sp³-hybridized carbons (Fsp3) is 0.600. The van der Waals surface area contributed by atoms with E-state index in [-0.39, 0.29) is 0 Å². The summed E-state index contributed by atoms with van der Waals surface area (Å²) in [5.41, 5.74) is 11.4. The molecule has 0 fully saturated rings. The number of rotatable bonds is 2. The second-order valence-electron chi connectivity index (χ2n) is 1.40. The van der Waals surface area contributed by atoms with Crippen LogP contribution in [0.15, 0.2) is 11.8 Å². The topological polar surface area (TPSA) is 52.0 Å². The van der Waals surface area contributed by atoms with E-state index in [1.807, 2.05) is 13.0 Å². The molecular weight excluding hydrogens is 88.1 g/mol. The second kappa shape index (κ2) is 3.68. The first-order valence-electron chi connectivity index (χ1n) is 2.42. The van der Waals surface area contributed by atoms with E-state index in [1.54, 1.807) is 0 Å². The molecule has 0 aliphatic carbocycles. The van der Waals surface area contributed by atoms with E-state index in [2.05, 4.69) is 0 Å². The molecule has 0 radical (unpaired) electrons. The van der Waals surface area contributed by atoms with Crippen LogP contribution in [0.2, 0.25) is 0 Å². The highest BCUT2D eigenvalue weighted by Crippen LogP contribution is 1.85. The van der Waals surface area contributed by atoms with Crippen LogP contribution in [-0.2, 0) is 0 Å². The van der Waals surface area contributed by atoms with Crippen LogP contribution in [0.5, 0.6) is 0 Å². The Morgan fingerprint density at radius 2 is 2.29 bits per heavy atom. The molecule has 0 heterocycles. The number of nitrogens with two attached hydrogens (primary N) is 2. The predicted molar refractivity (Wildman–Crippen MR) is 31.6 cm³/mol. The van der Waals surface area contributed by atoms with Crippen LogP contribution in [-0.4, -0.2) is 6.54 Å². The van der Waals surface area contributed by atoms with Crippen molar-refractivity contribution in [2.24, 2.45) is 11.5 Å². The Morgan fingerprint density at radius 3 is 2.43 bits per heavy atom. The van der Waals surface area contributed by atoms with Gasteiger partial charge in [0.25, 0.3) is 0 Å². The fourth-order valence-electron chi connectivity index (χ4n) is 0.311. The largest absolute Gasteiger partial charge is 0.402 e. The maximum absolute atomic E-state index is 5.36. The lowest BCUT2D eigenvalue weighted by atomic mass is 10.3. The van der Waals surface area contributed by atoms with Crippen molar-refractivity contribution < 1.29 is 0 Å². The van der Waals surface area contributed by atoms with Gasteiger partial charge in [0.05, 0.1) is 0 Å². The summed E-state index contributed by atoms with van der Waals surface area (Å²) in [5.74, 6) is 0. The van der Waals surface area contributed by atoms with Gasteiger partial charge in [-0.05, 0) is 19.9 Å². The lowest BCUT2D eigenvalue weighted by Gasteiger charge is -1.92. The monoisotopic (exact) mass is 100 g/mol. The Morgan fingerprint density at radius 1 is 1.71 bits per heavy atom. The van der Waals surface area contributed by atoms with Crippen LogP contribution in [0.1, 0.15) is 13.3 Å². The summed E-state index contributed by atoms with van der Waals surface area (Å²) in [7, 11) is 0. The van der Waals surface area contributed by atoms with Gasteiger partial charge in [0, 0.05) is 5.70 Å². The maximum atomic E-state index is 5.36. The molecule has 42 valence electrons. The van der Waals surface area contributed by atoms with E-state index in [0.717, 1.165) is 12.1 Å². The first-order chi connectivity index (χ1) is 3.31. The molecule has 0 atom stereocenters. The van der Waals surface area contributed by atoms with Crippen molar-refractivity contribution in [1.82, 2.24) is 0 Å². The van der Waals surface area contributed by atoms with Gasteiger partial charge in [-0.2, -0.15) is 0 Å². The molecule has 0 aromatic carbocycles. The number of allylic oxidation sites excluding steroid dienone is 1.